The molecule has 1 fully saturated rings. The van der Waals surface area contributed by atoms with Gasteiger partial charge in [-0.05, 0) is 43.4 Å². The van der Waals surface area contributed by atoms with E-state index in [9.17, 15) is 4.79 Å². The Morgan fingerprint density at radius 3 is 2.40 bits per heavy atom. The maximum atomic E-state index is 10.5. The van der Waals surface area contributed by atoms with Gasteiger partial charge in [0.2, 0.25) is 0 Å². The number of rotatable bonds is 5. The summed E-state index contributed by atoms with van der Waals surface area (Å²) >= 11 is 0. The largest absolute Gasteiger partial charge is 0.490 e. The quantitative estimate of drug-likeness (QED) is 0.571. The predicted octanol–water partition coefficient (Wildman–Crippen LogP) is 2.46. The molecule has 20 heavy (non-hydrogen) atoms. The Morgan fingerprint density at radius 1 is 1.15 bits per heavy atom. The van der Waals surface area contributed by atoms with Crippen molar-refractivity contribution in [3.8, 4) is 5.75 Å². The van der Waals surface area contributed by atoms with E-state index in [0.717, 1.165) is 24.2 Å². The van der Waals surface area contributed by atoms with Crippen molar-refractivity contribution < 1.29 is 9.53 Å². The van der Waals surface area contributed by atoms with Gasteiger partial charge >= 0.3 is 6.03 Å². The number of benzene rings is 1. The number of hydrogen-bond acceptors (Lipinski definition) is 3. The van der Waals surface area contributed by atoms with Gasteiger partial charge in [0.25, 0.3) is 0 Å². The summed E-state index contributed by atoms with van der Waals surface area (Å²) in [4.78, 5) is 10.5. The molecule has 1 saturated carbocycles. The molecule has 0 radical (unpaired) electrons. The van der Waals surface area contributed by atoms with E-state index in [0.29, 0.717) is 12.6 Å². The van der Waals surface area contributed by atoms with Gasteiger partial charge < -0.3 is 10.5 Å². The minimum absolute atomic E-state index is 0.359. The van der Waals surface area contributed by atoms with Crippen molar-refractivity contribution in [2.45, 2.75) is 51.2 Å². The number of hydrogen-bond donors (Lipinski definition) is 3. The molecule has 0 aliphatic heterocycles. The number of nitrogens with two attached hydrogens (primary N) is 1. The van der Waals surface area contributed by atoms with Crippen LogP contribution in [0.1, 0.15) is 44.1 Å². The van der Waals surface area contributed by atoms with Gasteiger partial charge in [-0.15, -0.1) is 0 Å². The summed E-state index contributed by atoms with van der Waals surface area (Å²) in [7, 11) is 0. The monoisotopic (exact) mass is 277 g/mol. The molecule has 0 bridgehead atoms. The van der Waals surface area contributed by atoms with Gasteiger partial charge in [-0.3, -0.25) is 5.43 Å². The Hall–Kier alpha value is -1.75. The molecule has 0 spiro atoms. The van der Waals surface area contributed by atoms with Gasteiger partial charge in [-0.25, -0.2) is 10.2 Å². The number of amides is 2. The zero-order chi connectivity index (χ0) is 14.2. The van der Waals surface area contributed by atoms with Crippen LogP contribution in [0.25, 0.3) is 0 Å². The molecule has 5 heteroatoms. The van der Waals surface area contributed by atoms with Crippen molar-refractivity contribution in [3.05, 3.63) is 29.8 Å². The highest BCUT2D eigenvalue weighted by atomic mass is 16.5. The molecule has 0 aromatic heterocycles. The van der Waals surface area contributed by atoms with Crippen LogP contribution in [0, 0.1) is 0 Å². The molecule has 0 atom stereocenters. The first-order chi connectivity index (χ1) is 9.74. The highest BCUT2D eigenvalue weighted by Gasteiger charge is 2.13. The van der Waals surface area contributed by atoms with Gasteiger partial charge in [0.15, 0.2) is 0 Å². The molecule has 2 amide bonds. The molecule has 0 saturated heterocycles. The van der Waals surface area contributed by atoms with Crippen LogP contribution >= 0.6 is 0 Å². The molecule has 4 N–H and O–H groups in total. The second kappa shape index (κ2) is 7.75. The maximum Gasteiger partial charge on any atom is 0.326 e. The number of hydrazine groups is 1. The van der Waals surface area contributed by atoms with Crippen molar-refractivity contribution in [1.82, 2.24) is 10.9 Å². The van der Waals surface area contributed by atoms with Crippen molar-refractivity contribution in [3.63, 3.8) is 0 Å². The summed E-state index contributed by atoms with van der Waals surface area (Å²) in [5.41, 5.74) is 11.1. The van der Waals surface area contributed by atoms with E-state index in [2.05, 4.69) is 10.9 Å². The summed E-state index contributed by atoms with van der Waals surface area (Å²) < 4.78 is 6.02. The number of ether oxygens (including phenoxy) is 1. The zero-order valence-electron chi connectivity index (χ0n) is 11.7. The molecule has 2 rings (SSSR count). The number of carbonyl (C=O) groups is 1. The van der Waals surface area contributed by atoms with Crippen LogP contribution in [-0.2, 0) is 6.54 Å². The lowest BCUT2D eigenvalue weighted by molar-refractivity contribution is 0.183. The Morgan fingerprint density at radius 2 is 1.80 bits per heavy atom. The molecular weight excluding hydrogens is 254 g/mol. The number of carbonyl (C=O) groups excluding carboxylic acids is 1. The molecule has 0 unspecified atom stereocenters. The summed E-state index contributed by atoms with van der Waals surface area (Å²) in [5, 5.41) is 0. The molecule has 1 aliphatic carbocycles. The first-order valence-electron chi connectivity index (χ1n) is 7.28. The van der Waals surface area contributed by atoms with Gasteiger partial charge in [0, 0.05) is 6.54 Å². The Kier molecular flexibility index (Phi) is 5.68. The normalized spacial score (nSPS) is 16.4. The fraction of sp³-hybridized carbons (Fsp3) is 0.533. The fourth-order valence-corrected chi connectivity index (χ4v) is 2.47. The standard InChI is InChI=1S/C15H23N3O2/c16-15(19)18-17-11-12-7-9-14(10-8-12)20-13-5-3-1-2-4-6-13/h7-10,13,17H,1-6,11H2,(H3,16,18,19). The van der Waals surface area contributed by atoms with Crippen LogP contribution in [0.2, 0.25) is 0 Å². The topological polar surface area (TPSA) is 76.4 Å². The number of urea groups is 1. The van der Waals surface area contributed by atoms with Crippen LogP contribution in [0.5, 0.6) is 5.75 Å². The highest BCUT2D eigenvalue weighted by Crippen LogP contribution is 2.23. The molecule has 1 aliphatic rings. The lowest BCUT2D eigenvalue weighted by Gasteiger charge is -2.17. The van der Waals surface area contributed by atoms with E-state index in [1.54, 1.807) is 0 Å². The first-order valence-corrected chi connectivity index (χ1v) is 7.28. The van der Waals surface area contributed by atoms with Crippen LogP contribution in [0.15, 0.2) is 24.3 Å². The Labute approximate surface area is 119 Å². The van der Waals surface area contributed by atoms with E-state index in [4.69, 9.17) is 10.5 Å². The van der Waals surface area contributed by atoms with E-state index >= 15 is 0 Å². The number of primary amides is 1. The fourth-order valence-electron chi connectivity index (χ4n) is 2.47. The van der Waals surface area contributed by atoms with E-state index in [-0.39, 0.29) is 0 Å². The molecular formula is C15H23N3O2. The van der Waals surface area contributed by atoms with Crippen LogP contribution in [0.3, 0.4) is 0 Å². The van der Waals surface area contributed by atoms with Crippen LogP contribution in [0.4, 0.5) is 4.79 Å². The zero-order valence-corrected chi connectivity index (χ0v) is 11.7. The van der Waals surface area contributed by atoms with E-state index < -0.39 is 6.03 Å². The SMILES string of the molecule is NC(=O)NNCc1ccc(OC2CCCCCC2)cc1. The third kappa shape index (κ3) is 5.09. The third-order valence-electron chi connectivity index (χ3n) is 3.53. The van der Waals surface area contributed by atoms with Gasteiger partial charge in [0.05, 0.1) is 6.10 Å². The first kappa shape index (κ1) is 14.7. The minimum Gasteiger partial charge on any atom is -0.490 e. The lowest BCUT2D eigenvalue weighted by Crippen LogP contribution is -2.40. The van der Waals surface area contributed by atoms with Gasteiger partial charge in [0.1, 0.15) is 5.75 Å². The van der Waals surface area contributed by atoms with Crippen molar-refractivity contribution in [1.29, 1.82) is 0 Å². The second-order valence-corrected chi connectivity index (χ2v) is 5.22. The third-order valence-corrected chi connectivity index (χ3v) is 3.53. The second-order valence-electron chi connectivity index (χ2n) is 5.22. The highest BCUT2D eigenvalue weighted by molar-refractivity contribution is 5.70. The molecule has 1 aromatic rings. The maximum absolute atomic E-state index is 10.5. The van der Waals surface area contributed by atoms with Crippen molar-refractivity contribution in [2.24, 2.45) is 5.73 Å². The van der Waals surface area contributed by atoms with E-state index in [1.165, 1.54) is 25.7 Å². The Bertz CT molecular complexity index is 412. The average molecular weight is 277 g/mol. The molecule has 110 valence electrons. The van der Waals surface area contributed by atoms with Gasteiger partial charge in [-0.1, -0.05) is 25.0 Å². The molecule has 1 aromatic carbocycles. The molecule has 5 nitrogen and oxygen atoms in total. The van der Waals surface area contributed by atoms with Crippen molar-refractivity contribution >= 4 is 6.03 Å². The van der Waals surface area contributed by atoms with Gasteiger partial charge in [-0.2, -0.15) is 0 Å². The summed E-state index contributed by atoms with van der Waals surface area (Å²) in [6.07, 6.45) is 7.88. The van der Waals surface area contributed by atoms with Crippen LogP contribution in [-0.4, -0.2) is 12.1 Å². The van der Waals surface area contributed by atoms with Crippen molar-refractivity contribution in [2.75, 3.05) is 0 Å². The summed E-state index contributed by atoms with van der Waals surface area (Å²) in [6, 6.07) is 7.35. The average Bonchev–Trinajstić information content (AvgIpc) is 2.69. The minimum atomic E-state index is -0.585. The molecule has 0 heterocycles. The van der Waals surface area contributed by atoms with E-state index in [1.807, 2.05) is 24.3 Å². The lowest BCUT2D eigenvalue weighted by atomic mass is 10.1. The Balaban J connectivity index is 1.79. The summed E-state index contributed by atoms with van der Waals surface area (Å²) in [6.45, 7) is 0.534. The number of nitrogens with one attached hydrogen (secondary N) is 2. The van der Waals surface area contributed by atoms with Crippen LogP contribution < -0.4 is 21.3 Å². The summed E-state index contributed by atoms with van der Waals surface area (Å²) in [5.74, 6) is 0.920. The predicted molar refractivity (Wildman–Crippen MR) is 78.1 cm³/mol. The smallest absolute Gasteiger partial charge is 0.326 e.